The van der Waals surface area contributed by atoms with Crippen LogP contribution in [0, 0.1) is 5.41 Å². The molecule has 3 rings (SSSR count). The number of carbonyl (C=O) groups excluding carboxylic acids is 2. The Labute approximate surface area is 201 Å². The zero-order chi connectivity index (χ0) is 25.0. The van der Waals surface area contributed by atoms with Gasteiger partial charge in [-0.3, -0.25) is 4.79 Å². The van der Waals surface area contributed by atoms with Gasteiger partial charge < -0.3 is 29.0 Å². The van der Waals surface area contributed by atoms with Crippen molar-refractivity contribution in [2.24, 2.45) is 5.41 Å². The summed E-state index contributed by atoms with van der Waals surface area (Å²) >= 11 is 0. The summed E-state index contributed by atoms with van der Waals surface area (Å²) in [6.45, 7) is 8.82. The molecule has 1 heterocycles. The van der Waals surface area contributed by atoms with Crippen molar-refractivity contribution >= 4 is 11.8 Å². The fourth-order valence-corrected chi connectivity index (χ4v) is 4.72. The predicted octanol–water partition coefficient (Wildman–Crippen LogP) is 3.90. The molecule has 34 heavy (non-hydrogen) atoms. The largest absolute Gasteiger partial charge is 0.493 e. The first-order chi connectivity index (χ1) is 16.2. The van der Waals surface area contributed by atoms with E-state index in [1.54, 1.807) is 12.1 Å². The van der Waals surface area contributed by atoms with Crippen LogP contribution < -0.4 is 19.5 Å². The zero-order valence-corrected chi connectivity index (χ0v) is 21.1. The van der Waals surface area contributed by atoms with E-state index < -0.39 is 11.9 Å². The molecule has 1 atom stereocenters. The van der Waals surface area contributed by atoms with Crippen LogP contribution in [0.3, 0.4) is 0 Å². The molecule has 8 nitrogen and oxygen atoms in total. The van der Waals surface area contributed by atoms with E-state index in [0.717, 1.165) is 5.70 Å². The summed E-state index contributed by atoms with van der Waals surface area (Å²) < 4.78 is 27.4. The minimum Gasteiger partial charge on any atom is -0.493 e. The second-order valence-corrected chi connectivity index (χ2v) is 9.22. The maximum atomic E-state index is 13.5. The Morgan fingerprint density at radius 3 is 2.26 bits per heavy atom. The lowest BCUT2D eigenvalue weighted by molar-refractivity contribution is -0.140. The van der Waals surface area contributed by atoms with Crippen LogP contribution >= 0.6 is 0 Å². The van der Waals surface area contributed by atoms with Crippen LogP contribution in [0.1, 0.15) is 52.0 Å². The van der Waals surface area contributed by atoms with Gasteiger partial charge in [-0.1, -0.05) is 13.8 Å². The fraction of sp³-hybridized carbons (Fsp3) is 0.538. The first-order valence-corrected chi connectivity index (χ1v) is 11.5. The lowest BCUT2D eigenvalue weighted by atomic mass is 9.68. The lowest BCUT2D eigenvalue weighted by Gasteiger charge is -2.39. The van der Waals surface area contributed by atoms with E-state index >= 15 is 0 Å². The summed E-state index contributed by atoms with van der Waals surface area (Å²) in [5.41, 5.74) is 2.97. The van der Waals surface area contributed by atoms with Gasteiger partial charge in [0.05, 0.1) is 33.5 Å². The molecule has 1 N–H and O–H groups in total. The minimum atomic E-state index is -0.631. The molecular formula is C26H35NO7. The average Bonchev–Trinajstić information content (AvgIpc) is 2.78. The maximum absolute atomic E-state index is 13.5. The smallest absolute Gasteiger partial charge is 0.336 e. The van der Waals surface area contributed by atoms with Gasteiger partial charge in [0, 0.05) is 35.9 Å². The fourth-order valence-electron chi connectivity index (χ4n) is 4.72. The normalized spacial score (nSPS) is 19.4. The molecule has 0 radical (unpaired) electrons. The molecule has 0 fully saturated rings. The number of methoxy groups -OCH3 is 3. The molecule has 0 saturated heterocycles. The highest BCUT2D eigenvalue weighted by Gasteiger charge is 2.43. The van der Waals surface area contributed by atoms with Crippen molar-refractivity contribution in [3.05, 3.63) is 40.2 Å². The van der Waals surface area contributed by atoms with E-state index in [1.807, 2.05) is 13.8 Å². The number of benzene rings is 1. The lowest BCUT2D eigenvalue weighted by Crippen LogP contribution is -2.38. The molecule has 0 spiro atoms. The van der Waals surface area contributed by atoms with Gasteiger partial charge in [-0.2, -0.15) is 0 Å². The van der Waals surface area contributed by atoms with Crippen LogP contribution in [0.15, 0.2) is 34.7 Å². The van der Waals surface area contributed by atoms with Crippen LogP contribution in [0.5, 0.6) is 17.2 Å². The maximum Gasteiger partial charge on any atom is 0.336 e. The zero-order valence-electron chi connectivity index (χ0n) is 21.1. The quantitative estimate of drug-likeness (QED) is 0.427. The van der Waals surface area contributed by atoms with Gasteiger partial charge >= 0.3 is 5.97 Å². The van der Waals surface area contributed by atoms with Crippen molar-refractivity contribution in [2.75, 3.05) is 41.2 Å². The van der Waals surface area contributed by atoms with Crippen LogP contribution in [0.25, 0.3) is 0 Å². The molecule has 186 valence electrons. The molecule has 1 aromatic carbocycles. The first kappa shape index (κ1) is 25.6. The molecule has 0 aromatic heterocycles. The Morgan fingerprint density at radius 2 is 1.71 bits per heavy atom. The highest BCUT2D eigenvalue weighted by molar-refractivity contribution is 6.04. The summed E-state index contributed by atoms with van der Waals surface area (Å²) in [4.78, 5) is 26.8. The van der Waals surface area contributed by atoms with Gasteiger partial charge in [0.2, 0.25) is 5.75 Å². The monoisotopic (exact) mass is 473 g/mol. The number of rotatable bonds is 9. The third kappa shape index (κ3) is 5.06. The van der Waals surface area contributed by atoms with Gasteiger partial charge in [-0.15, -0.1) is 0 Å². The number of Topliss-reactive ketones (excluding diaryl/α,β-unsaturated/α-hetero) is 1. The molecule has 0 saturated carbocycles. The van der Waals surface area contributed by atoms with E-state index in [9.17, 15) is 9.59 Å². The number of nitrogens with one attached hydrogen (secondary N) is 1. The van der Waals surface area contributed by atoms with E-state index in [2.05, 4.69) is 19.2 Å². The van der Waals surface area contributed by atoms with E-state index in [4.69, 9.17) is 23.7 Å². The standard InChI is InChI=1S/C26H35NO7/c1-8-33-9-10-34-25(29)21-15(2)27-17-13-26(3,4)14-18(28)23(17)22(21)16-11-19(30-5)24(32-7)20(12-16)31-6/h11-12,22,27H,8-10,13-14H2,1-7H3/t22-/m0/s1. The number of dihydropyridines is 1. The van der Waals surface area contributed by atoms with Crippen molar-refractivity contribution in [1.29, 1.82) is 0 Å². The Morgan fingerprint density at radius 1 is 1.06 bits per heavy atom. The highest BCUT2D eigenvalue weighted by Crippen LogP contribution is 2.49. The average molecular weight is 474 g/mol. The summed E-state index contributed by atoms with van der Waals surface area (Å²) in [5.74, 6) is 0.214. The Bertz CT molecular complexity index is 997. The molecular weight excluding hydrogens is 438 g/mol. The van der Waals surface area contributed by atoms with Gasteiger partial charge in [-0.05, 0) is 43.4 Å². The highest BCUT2D eigenvalue weighted by atomic mass is 16.6. The van der Waals surface area contributed by atoms with E-state index in [-0.39, 0.29) is 17.8 Å². The molecule has 8 heteroatoms. The number of allylic oxidation sites excluding steroid dienone is 3. The topological polar surface area (TPSA) is 92.3 Å². The number of hydrogen-bond acceptors (Lipinski definition) is 8. The molecule has 1 aromatic rings. The van der Waals surface area contributed by atoms with Crippen molar-refractivity contribution < 1.29 is 33.3 Å². The summed E-state index contributed by atoms with van der Waals surface area (Å²) in [5, 5.41) is 3.34. The molecule has 0 bridgehead atoms. The van der Waals surface area contributed by atoms with E-state index in [0.29, 0.717) is 65.7 Å². The van der Waals surface area contributed by atoms with Crippen LogP contribution in [0.2, 0.25) is 0 Å². The van der Waals surface area contributed by atoms with Crippen molar-refractivity contribution in [1.82, 2.24) is 5.32 Å². The molecule has 0 unspecified atom stereocenters. The molecule has 1 aliphatic heterocycles. The summed E-state index contributed by atoms with van der Waals surface area (Å²) in [7, 11) is 4.60. The summed E-state index contributed by atoms with van der Waals surface area (Å²) in [6.07, 6.45) is 1.08. The number of carbonyl (C=O) groups is 2. The van der Waals surface area contributed by atoms with Crippen molar-refractivity contribution in [2.45, 2.75) is 46.5 Å². The van der Waals surface area contributed by atoms with Gasteiger partial charge in [0.15, 0.2) is 17.3 Å². The molecule has 0 amide bonds. The predicted molar refractivity (Wildman–Crippen MR) is 127 cm³/mol. The van der Waals surface area contributed by atoms with E-state index in [1.165, 1.54) is 21.3 Å². The van der Waals surface area contributed by atoms with Crippen LogP contribution in [-0.4, -0.2) is 52.9 Å². The Balaban J connectivity index is 2.16. The molecule has 2 aliphatic rings. The Hall–Kier alpha value is -3.00. The molecule has 1 aliphatic carbocycles. The third-order valence-electron chi connectivity index (χ3n) is 6.14. The van der Waals surface area contributed by atoms with Crippen molar-refractivity contribution in [3.63, 3.8) is 0 Å². The van der Waals surface area contributed by atoms with Gasteiger partial charge in [-0.25, -0.2) is 4.79 Å². The number of ether oxygens (including phenoxy) is 5. The minimum absolute atomic E-state index is 0.00428. The number of hydrogen-bond donors (Lipinski definition) is 1. The summed E-state index contributed by atoms with van der Waals surface area (Å²) in [6, 6.07) is 3.57. The second kappa shape index (κ2) is 10.5. The third-order valence-corrected chi connectivity index (χ3v) is 6.14. The van der Waals surface area contributed by atoms with Crippen molar-refractivity contribution in [3.8, 4) is 17.2 Å². The van der Waals surface area contributed by atoms with Gasteiger partial charge in [0.25, 0.3) is 0 Å². The number of esters is 1. The second-order valence-electron chi connectivity index (χ2n) is 9.22. The Kier molecular flexibility index (Phi) is 7.92. The van der Waals surface area contributed by atoms with Gasteiger partial charge in [0.1, 0.15) is 6.61 Å². The SMILES string of the molecule is CCOCCOC(=O)C1=C(C)NC2=C(C(=O)CC(C)(C)C2)[C@H]1c1cc(OC)c(OC)c(OC)c1. The first-order valence-electron chi connectivity index (χ1n) is 11.5. The van der Waals surface area contributed by atoms with Crippen LogP contribution in [-0.2, 0) is 19.1 Å². The number of ketones is 1. The van der Waals surface area contributed by atoms with Crippen LogP contribution in [0.4, 0.5) is 0 Å².